The summed E-state index contributed by atoms with van der Waals surface area (Å²) >= 11 is 3.44. The van der Waals surface area contributed by atoms with Gasteiger partial charge in [-0.05, 0) is 49.4 Å². The number of nitrogens with two attached hydrogens (primary N) is 1. The van der Waals surface area contributed by atoms with Crippen molar-refractivity contribution in [2.75, 3.05) is 18.1 Å². The van der Waals surface area contributed by atoms with Crippen LogP contribution >= 0.6 is 15.9 Å². The van der Waals surface area contributed by atoms with Crippen LogP contribution in [0.3, 0.4) is 0 Å². The minimum absolute atomic E-state index is 0.223. The number of halogens is 1. The second-order valence-electron chi connectivity index (χ2n) is 4.88. The molecule has 0 saturated carbocycles. The van der Waals surface area contributed by atoms with Gasteiger partial charge in [0.15, 0.2) is 0 Å². The summed E-state index contributed by atoms with van der Waals surface area (Å²) in [5.74, 6) is 0.749. The number of rotatable bonds is 8. The van der Waals surface area contributed by atoms with Crippen molar-refractivity contribution in [1.29, 1.82) is 0 Å². The highest BCUT2D eigenvalue weighted by molar-refractivity contribution is 9.10. The summed E-state index contributed by atoms with van der Waals surface area (Å²) in [6.45, 7) is 2.41. The van der Waals surface area contributed by atoms with Crippen LogP contribution in [-0.4, -0.2) is 26.5 Å². The van der Waals surface area contributed by atoms with Crippen LogP contribution in [-0.2, 0) is 16.3 Å². The third kappa shape index (κ3) is 6.54. The molecule has 0 aliphatic carbocycles. The van der Waals surface area contributed by atoms with Crippen LogP contribution in [0.2, 0.25) is 0 Å². The van der Waals surface area contributed by atoms with Crippen LogP contribution in [0, 0.1) is 5.92 Å². The van der Waals surface area contributed by atoms with E-state index in [2.05, 4.69) is 22.0 Å². The van der Waals surface area contributed by atoms with Crippen molar-refractivity contribution < 1.29 is 8.42 Å². The van der Waals surface area contributed by atoms with E-state index in [4.69, 9.17) is 5.73 Å². The monoisotopic (exact) mass is 347 g/mol. The summed E-state index contributed by atoms with van der Waals surface area (Å²) in [5.41, 5.74) is 6.95. The molecular weight excluding hydrogens is 326 g/mol. The van der Waals surface area contributed by atoms with Gasteiger partial charge in [0.1, 0.15) is 9.84 Å². The van der Waals surface area contributed by atoms with Gasteiger partial charge in [0.2, 0.25) is 0 Å². The number of hydrogen-bond donors (Lipinski definition) is 1. The summed E-state index contributed by atoms with van der Waals surface area (Å²) in [6, 6.07) is 8.07. The molecule has 0 saturated heterocycles. The second kappa shape index (κ2) is 8.02. The zero-order valence-corrected chi connectivity index (χ0v) is 13.7. The van der Waals surface area contributed by atoms with Gasteiger partial charge in [0, 0.05) is 10.2 Å². The number of benzene rings is 1. The molecule has 0 heterocycles. The molecule has 1 unspecified atom stereocenters. The summed E-state index contributed by atoms with van der Waals surface area (Å²) in [7, 11) is -2.90. The van der Waals surface area contributed by atoms with Crippen LogP contribution in [0.1, 0.15) is 25.3 Å². The fourth-order valence-corrected chi connectivity index (χ4v) is 4.03. The molecule has 19 heavy (non-hydrogen) atoms. The quantitative estimate of drug-likeness (QED) is 0.786. The highest BCUT2D eigenvalue weighted by Crippen LogP contribution is 2.17. The Morgan fingerprint density at radius 2 is 2.05 bits per heavy atom. The Labute approximate surface area is 124 Å². The first-order valence-corrected chi connectivity index (χ1v) is 9.23. The zero-order valence-electron chi connectivity index (χ0n) is 11.3. The molecule has 0 amide bonds. The van der Waals surface area contributed by atoms with E-state index in [1.54, 1.807) is 0 Å². The molecule has 1 rings (SSSR count). The maximum Gasteiger partial charge on any atom is 0.150 e. The molecule has 0 bridgehead atoms. The molecule has 3 nitrogen and oxygen atoms in total. The zero-order chi connectivity index (χ0) is 14.3. The van der Waals surface area contributed by atoms with Crippen molar-refractivity contribution >= 4 is 25.8 Å². The van der Waals surface area contributed by atoms with Gasteiger partial charge >= 0.3 is 0 Å². The molecule has 1 atom stereocenters. The Kier molecular flexibility index (Phi) is 7.04. The average Bonchev–Trinajstić information content (AvgIpc) is 2.34. The summed E-state index contributed by atoms with van der Waals surface area (Å²) in [5, 5.41) is 0. The van der Waals surface area contributed by atoms with E-state index >= 15 is 0 Å². The lowest BCUT2D eigenvalue weighted by atomic mass is 9.97. The minimum Gasteiger partial charge on any atom is -0.330 e. The highest BCUT2D eigenvalue weighted by atomic mass is 79.9. The second-order valence-corrected chi connectivity index (χ2v) is 8.10. The van der Waals surface area contributed by atoms with Gasteiger partial charge in [-0.2, -0.15) is 0 Å². The lowest BCUT2D eigenvalue weighted by Gasteiger charge is -2.15. The molecule has 0 aliphatic rings. The Bertz CT molecular complexity index is 488. The first-order valence-electron chi connectivity index (χ1n) is 6.61. The first-order chi connectivity index (χ1) is 8.96. The van der Waals surface area contributed by atoms with E-state index in [0.29, 0.717) is 19.4 Å². The van der Waals surface area contributed by atoms with Crippen molar-refractivity contribution in [2.24, 2.45) is 11.7 Å². The van der Waals surface area contributed by atoms with Crippen LogP contribution in [0.25, 0.3) is 0 Å². The Hall–Kier alpha value is -0.390. The van der Waals surface area contributed by atoms with Gasteiger partial charge in [-0.15, -0.1) is 0 Å². The summed E-state index contributed by atoms with van der Waals surface area (Å²) in [6.07, 6.45) is 2.16. The van der Waals surface area contributed by atoms with E-state index in [0.717, 1.165) is 10.9 Å². The maximum absolute atomic E-state index is 11.7. The molecule has 0 spiro atoms. The fourth-order valence-electron chi connectivity index (χ4n) is 2.06. The Morgan fingerprint density at radius 1 is 1.32 bits per heavy atom. The van der Waals surface area contributed by atoms with Crippen molar-refractivity contribution in [3.8, 4) is 0 Å². The van der Waals surface area contributed by atoms with Crippen molar-refractivity contribution in [3.05, 3.63) is 34.3 Å². The lowest BCUT2D eigenvalue weighted by molar-refractivity contribution is 0.511. The van der Waals surface area contributed by atoms with Gasteiger partial charge in [-0.3, -0.25) is 0 Å². The largest absolute Gasteiger partial charge is 0.330 e. The summed E-state index contributed by atoms with van der Waals surface area (Å²) in [4.78, 5) is 0. The summed E-state index contributed by atoms with van der Waals surface area (Å²) < 4.78 is 24.5. The molecule has 0 fully saturated rings. The van der Waals surface area contributed by atoms with Crippen LogP contribution in [0.15, 0.2) is 28.7 Å². The molecule has 108 valence electrons. The molecule has 0 aliphatic heterocycles. The normalized spacial score (nSPS) is 13.4. The topological polar surface area (TPSA) is 60.2 Å². The van der Waals surface area contributed by atoms with Gasteiger partial charge in [-0.25, -0.2) is 8.42 Å². The van der Waals surface area contributed by atoms with E-state index in [1.807, 2.05) is 25.1 Å². The standard InChI is InChI=1S/C14H22BrNO2S/c1-2-7-19(17,18)8-6-13(11-16)9-12-4-3-5-14(15)10-12/h3-5,10,13H,2,6-9,11,16H2,1H3. The number of hydrogen-bond acceptors (Lipinski definition) is 3. The van der Waals surface area contributed by atoms with E-state index in [-0.39, 0.29) is 17.4 Å². The van der Waals surface area contributed by atoms with Crippen LogP contribution in [0.5, 0.6) is 0 Å². The molecule has 0 radical (unpaired) electrons. The first kappa shape index (κ1) is 16.7. The van der Waals surface area contributed by atoms with Gasteiger partial charge in [0.25, 0.3) is 0 Å². The predicted octanol–water partition coefficient (Wildman–Crippen LogP) is 2.78. The molecule has 2 N–H and O–H groups in total. The van der Waals surface area contributed by atoms with Crippen molar-refractivity contribution in [3.63, 3.8) is 0 Å². The van der Waals surface area contributed by atoms with E-state index < -0.39 is 9.84 Å². The Balaban J connectivity index is 2.55. The van der Waals surface area contributed by atoms with Crippen molar-refractivity contribution in [1.82, 2.24) is 0 Å². The molecule has 1 aromatic carbocycles. The van der Waals surface area contributed by atoms with Crippen LogP contribution in [0.4, 0.5) is 0 Å². The SMILES string of the molecule is CCCS(=O)(=O)CCC(CN)Cc1cccc(Br)c1. The van der Waals surface area contributed by atoms with Gasteiger partial charge in [-0.1, -0.05) is 35.0 Å². The van der Waals surface area contributed by atoms with Crippen LogP contribution < -0.4 is 5.73 Å². The highest BCUT2D eigenvalue weighted by Gasteiger charge is 2.14. The maximum atomic E-state index is 11.7. The third-order valence-corrected chi connectivity index (χ3v) is 5.48. The average molecular weight is 348 g/mol. The van der Waals surface area contributed by atoms with Gasteiger partial charge in [0.05, 0.1) is 5.75 Å². The smallest absolute Gasteiger partial charge is 0.150 e. The van der Waals surface area contributed by atoms with Gasteiger partial charge < -0.3 is 5.73 Å². The Morgan fingerprint density at radius 3 is 2.63 bits per heavy atom. The fraction of sp³-hybridized carbons (Fsp3) is 0.571. The predicted molar refractivity (Wildman–Crippen MR) is 84.0 cm³/mol. The van der Waals surface area contributed by atoms with E-state index in [1.165, 1.54) is 5.56 Å². The molecule has 5 heteroatoms. The number of sulfone groups is 1. The third-order valence-electron chi connectivity index (χ3n) is 3.10. The molecule has 1 aromatic rings. The van der Waals surface area contributed by atoms with E-state index in [9.17, 15) is 8.42 Å². The molecular formula is C14H22BrNO2S. The molecule has 0 aromatic heterocycles. The minimum atomic E-state index is -2.90. The lowest BCUT2D eigenvalue weighted by Crippen LogP contribution is -2.21. The van der Waals surface area contributed by atoms with Crippen molar-refractivity contribution in [2.45, 2.75) is 26.2 Å².